The van der Waals surface area contributed by atoms with Crippen LogP contribution in [0.2, 0.25) is 0 Å². The first-order valence-electron chi connectivity index (χ1n) is 7.68. The number of sulfonamides is 1. The molecule has 0 fully saturated rings. The number of nitrogen functional groups attached to an aromatic ring is 1. The average molecular weight is 366 g/mol. The highest BCUT2D eigenvalue weighted by Crippen LogP contribution is 2.25. The molecule has 0 amide bonds. The Morgan fingerprint density at radius 1 is 0.962 bits per heavy atom. The number of nitrogens with zero attached hydrogens (tertiary/aromatic N) is 3. The molecule has 2 aromatic carbocycles. The molecular weight excluding hydrogens is 352 g/mol. The van der Waals surface area contributed by atoms with Crippen molar-refractivity contribution in [2.75, 3.05) is 10.5 Å². The van der Waals surface area contributed by atoms with Gasteiger partial charge in [-0.15, -0.1) is 0 Å². The summed E-state index contributed by atoms with van der Waals surface area (Å²) in [5.41, 5.74) is 8.12. The van der Waals surface area contributed by atoms with Crippen LogP contribution in [0.25, 0.3) is 22.4 Å². The van der Waals surface area contributed by atoms with Crippen LogP contribution in [-0.4, -0.2) is 28.4 Å². The fourth-order valence-corrected chi connectivity index (χ4v) is 3.46. The van der Waals surface area contributed by atoms with E-state index in [1.54, 1.807) is 18.2 Å². The molecule has 0 aliphatic heterocycles. The average Bonchev–Trinajstić information content (AvgIpc) is 3.06. The highest BCUT2D eigenvalue weighted by atomic mass is 32.2. The van der Waals surface area contributed by atoms with Crippen LogP contribution in [0.5, 0.6) is 0 Å². The second-order valence-corrected chi connectivity index (χ2v) is 7.20. The Balaban J connectivity index is 1.66. The lowest BCUT2D eigenvalue weighted by Gasteiger charge is -2.08. The van der Waals surface area contributed by atoms with E-state index < -0.39 is 10.0 Å². The van der Waals surface area contributed by atoms with Gasteiger partial charge in [-0.3, -0.25) is 0 Å². The molecule has 9 heteroatoms. The summed E-state index contributed by atoms with van der Waals surface area (Å²) in [6, 6.07) is 15.5. The predicted molar refractivity (Wildman–Crippen MR) is 98.8 cm³/mol. The van der Waals surface area contributed by atoms with Crippen molar-refractivity contribution in [3.05, 3.63) is 60.8 Å². The first-order valence-corrected chi connectivity index (χ1v) is 9.17. The fraction of sp³-hybridized carbons (Fsp3) is 0. The van der Waals surface area contributed by atoms with Crippen molar-refractivity contribution in [3.8, 4) is 11.4 Å². The lowest BCUT2D eigenvalue weighted by Crippen LogP contribution is -2.15. The van der Waals surface area contributed by atoms with E-state index in [0.29, 0.717) is 11.4 Å². The highest BCUT2D eigenvalue weighted by Gasteiger charge is 2.17. The molecule has 2 aromatic heterocycles. The zero-order valence-electron chi connectivity index (χ0n) is 13.4. The van der Waals surface area contributed by atoms with Crippen LogP contribution in [-0.2, 0) is 10.0 Å². The first kappa shape index (κ1) is 16.0. The minimum Gasteiger partial charge on any atom is -0.383 e. The third-order valence-electron chi connectivity index (χ3n) is 3.74. The molecule has 4 aromatic rings. The van der Waals surface area contributed by atoms with E-state index in [2.05, 4.69) is 24.7 Å². The normalized spacial score (nSPS) is 11.5. The summed E-state index contributed by atoms with van der Waals surface area (Å²) < 4.78 is 27.0. The van der Waals surface area contributed by atoms with Gasteiger partial charge in [0.15, 0.2) is 0 Å². The number of fused-ring (bicyclic) bond motifs is 1. The summed E-state index contributed by atoms with van der Waals surface area (Å²) in [5, 5.41) is 0. The Labute approximate surface area is 149 Å². The molecule has 26 heavy (non-hydrogen) atoms. The van der Waals surface area contributed by atoms with Crippen LogP contribution < -0.4 is 10.5 Å². The van der Waals surface area contributed by atoms with Crippen LogP contribution >= 0.6 is 0 Å². The number of imidazole rings is 1. The summed E-state index contributed by atoms with van der Waals surface area (Å²) in [4.78, 5) is 15.8. The molecule has 0 saturated carbocycles. The van der Waals surface area contributed by atoms with Gasteiger partial charge < -0.3 is 10.7 Å². The van der Waals surface area contributed by atoms with Crippen LogP contribution in [0, 0.1) is 0 Å². The number of rotatable bonds is 4. The van der Waals surface area contributed by atoms with E-state index in [-0.39, 0.29) is 16.7 Å². The number of aromatic amines is 1. The van der Waals surface area contributed by atoms with Crippen LogP contribution in [0.3, 0.4) is 0 Å². The summed E-state index contributed by atoms with van der Waals surface area (Å²) in [7, 11) is -3.78. The molecule has 0 unspecified atom stereocenters. The maximum Gasteiger partial charge on any atom is 0.264 e. The minimum atomic E-state index is -3.78. The standard InChI is InChI=1S/C17H14N6O2S/c18-15-12(16-20-13-8-4-5-9-14(13)21-16)10-19-17(22-15)23-26(24,25)11-6-2-1-3-7-11/h1-10H,(H,20,21)(H3,18,19,22,23). The summed E-state index contributed by atoms with van der Waals surface area (Å²) in [6.07, 6.45) is 1.43. The van der Waals surface area contributed by atoms with Gasteiger partial charge in [0.1, 0.15) is 11.6 Å². The molecule has 0 spiro atoms. The zero-order chi connectivity index (χ0) is 18.1. The number of benzene rings is 2. The van der Waals surface area contributed by atoms with E-state index in [0.717, 1.165) is 11.0 Å². The smallest absolute Gasteiger partial charge is 0.264 e. The van der Waals surface area contributed by atoms with Gasteiger partial charge >= 0.3 is 0 Å². The molecule has 0 bridgehead atoms. The second-order valence-electron chi connectivity index (χ2n) is 5.51. The van der Waals surface area contributed by atoms with Gasteiger partial charge in [-0.2, -0.15) is 4.98 Å². The Bertz CT molecular complexity index is 1160. The van der Waals surface area contributed by atoms with Crippen molar-refractivity contribution in [3.63, 3.8) is 0 Å². The number of aromatic nitrogens is 4. The predicted octanol–water partition coefficient (Wildman–Crippen LogP) is 2.40. The van der Waals surface area contributed by atoms with Crippen molar-refractivity contribution in [1.82, 2.24) is 19.9 Å². The van der Waals surface area contributed by atoms with Crippen molar-refractivity contribution < 1.29 is 8.42 Å². The lowest BCUT2D eigenvalue weighted by atomic mass is 10.3. The second kappa shape index (κ2) is 6.12. The lowest BCUT2D eigenvalue weighted by molar-refractivity contribution is 0.601. The van der Waals surface area contributed by atoms with E-state index in [1.807, 2.05) is 24.3 Å². The van der Waals surface area contributed by atoms with E-state index in [1.165, 1.54) is 18.3 Å². The summed E-state index contributed by atoms with van der Waals surface area (Å²) >= 11 is 0. The van der Waals surface area contributed by atoms with Crippen molar-refractivity contribution in [2.24, 2.45) is 0 Å². The third-order valence-corrected chi connectivity index (χ3v) is 5.09. The molecule has 130 valence electrons. The topological polar surface area (TPSA) is 127 Å². The number of para-hydroxylation sites is 2. The number of hydrogen-bond acceptors (Lipinski definition) is 6. The molecule has 0 radical (unpaired) electrons. The molecule has 4 N–H and O–H groups in total. The number of nitrogens with two attached hydrogens (primary N) is 1. The highest BCUT2D eigenvalue weighted by molar-refractivity contribution is 7.92. The van der Waals surface area contributed by atoms with Gasteiger partial charge in [-0.1, -0.05) is 30.3 Å². The number of hydrogen-bond donors (Lipinski definition) is 3. The number of nitrogens with one attached hydrogen (secondary N) is 2. The molecule has 0 aliphatic carbocycles. The van der Waals surface area contributed by atoms with Gasteiger partial charge in [-0.05, 0) is 24.3 Å². The number of anilines is 2. The SMILES string of the molecule is Nc1nc(NS(=O)(=O)c2ccccc2)ncc1-c1nc2ccccc2[nH]1. The quantitative estimate of drug-likeness (QED) is 0.509. The van der Waals surface area contributed by atoms with Crippen LogP contribution in [0.4, 0.5) is 11.8 Å². The van der Waals surface area contributed by atoms with E-state index in [9.17, 15) is 8.42 Å². The van der Waals surface area contributed by atoms with Gasteiger partial charge in [-0.25, -0.2) is 23.1 Å². The Kier molecular flexibility index (Phi) is 3.77. The van der Waals surface area contributed by atoms with Gasteiger partial charge in [0.2, 0.25) is 5.95 Å². The summed E-state index contributed by atoms with van der Waals surface area (Å²) in [5.74, 6) is 0.525. The van der Waals surface area contributed by atoms with E-state index in [4.69, 9.17) is 5.73 Å². The van der Waals surface area contributed by atoms with Gasteiger partial charge in [0.05, 0.1) is 21.5 Å². The fourth-order valence-electron chi connectivity index (χ4n) is 2.49. The third kappa shape index (κ3) is 2.95. The van der Waals surface area contributed by atoms with Crippen molar-refractivity contribution >= 4 is 32.8 Å². The first-order chi connectivity index (χ1) is 12.5. The van der Waals surface area contributed by atoms with Gasteiger partial charge in [0, 0.05) is 6.20 Å². The minimum absolute atomic E-state index is 0.105. The van der Waals surface area contributed by atoms with Crippen LogP contribution in [0.15, 0.2) is 65.7 Å². The Morgan fingerprint density at radius 3 is 2.42 bits per heavy atom. The van der Waals surface area contributed by atoms with Gasteiger partial charge in [0.25, 0.3) is 10.0 Å². The molecule has 2 heterocycles. The molecule has 8 nitrogen and oxygen atoms in total. The van der Waals surface area contributed by atoms with Crippen LogP contribution in [0.1, 0.15) is 0 Å². The Hall–Kier alpha value is -3.46. The maximum absolute atomic E-state index is 12.3. The van der Waals surface area contributed by atoms with E-state index >= 15 is 0 Å². The van der Waals surface area contributed by atoms with Crippen molar-refractivity contribution in [2.45, 2.75) is 4.90 Å². The molecule has 0 aliphatic rings. The zero-order valence-corrected chi connectivity index (χ0v) is 14.2. The molecular formula is C17H14N6O2S. The molecule has 4 rings (SSSR count). The number of H-pyrrole nitrogens is 1. The largest absolute Gasteiger partial charge is 0.383 e. The Morgan fingerprint density at radius 2 is 1.69 bits per heavy atom. The molecule has 0 saturated heterocycles. The molecule has 0 atom stereocenters. The maximum atomic E-state index is 12.3. The summed E-state index contributed by atoms with van der Waals surface area (Å²) in [6.45, 7) is 0. The van der Waals surface area contributed by atoms with Crippen molar-refractivity contribution in [1.29, 1.82) is 0 Å². The monoisotopic (exact) mass is 366 g/mol.